The number of thiazole rings is 1. The lowest BCUT2D eigenvalue weighted by atomic mass is 10.2. The van der Waals surface area contributed by atoms with Crippen LogP contribution in [0.5, 0.6) is 11.5 Å². The monoisotopic (exact) mass is 369 g/mol. The van der Waals surface area contributed by atoms with Crippen LogP contribution in [0.1, 0.15) is 11.4 Å². The van der Waals surface area contributed by atoms with Crippen LogP contribution in [0.2, 0.25) is 0 Å². The molecule has 0 aliphatic heterocycles. The van der Waals surface area contributed by atoms with Gasteiger partial charge in [0.2, 0.25) is 5.91 Å². The van der Waals surface area contributed by atoms with Crippen molar-refractivity contribution in [2.45, 2.75) is 13.3 Å². The van der Waals surface area contributed by atoms with Crippen molar-refractivity contribution in [1.82, 2.24) is 9.97 Å². The van der Waals surface area contributed by atoms with E-state index < -0.39 is 0 Å². The number of hydrogen-bond acceptors (Lipinski definition) is 6. The first-order valence-corrected chi connectivity index (χ1v) is 8.87. The molecule has 0 unspecified atom stereocenters. The number of aromatic nitrogens is 2. The summed E-state index contributed by atoms with van der Waals surface area (Å²) in [7, 11) is 3.19. The van der Waals surface area contributed by atoms with Gasteiger partial charge in [0.15, 0.2) is 11.5 Å². The Labute approximate surface area is 155 Å². The third-order valence-electron chi connectivity index (χ3n) is 3.68. The molecule has 0 atom stereocenters. The van der Waals surface area contributed by atoms with E-state index in [9.17, 15) is 4.79 Å². The first kappa shape index (κ1) is 17.9. The summed E-state index contributed by atoms with van der Waals surface area (Å²) in [5.74, 6) is 1.71. The molecule has 0 saturated carbocycles. The molecule has 2 heterocycles. The number of anilines is 1. The first-order chi connectivity index (χ1) is 12.6. The van der Waals surface area contributed by atoms with Crippen molar-refractivity contribution in [3.05, 3.63) is 53.2 Å². The third kappa shape index (κ3) is 4.18. The lowest BCUT2D eigenvalue weighted by molar-refractivity contribution is -0.115. The van der Waals surface area contributed by atoms with Gasteiger partial charge in [-0.1, -0.05) is 6.07 Å². The van der Waals surface area contributed by atoms with Crippen molar-refractivity contribution < 1.29 is 14.3 Å². The average molecular weight is 369 g/mol. The SMILES string of the molecule is COc1ccc(-c2nc(CC(=O)Nc3cccc(C)n3)cs2)cc1OC. The number of rotatable bonds is 6. The number of pyridine rings is 1. The van der Waals surface area contributed by atoms with E-state index in [-0.39, 0.29) is 12.3 Å². The molecule has 26 heavy (non-hydrogen) atoms. The summed E-state index contributed by atoms with van der Waals surface area (Å²) in [4.78, 5) is 21.0. The fourth-order valence-corrected chi connectivity index (χ4v) is 3.27. The number of nitrogens with zero attached hydrogens (tertiary/aromatic N) is 2. The Morgan fingerprint density at radius 1 is 1.12 bits per heavy atom. The van der Waals surface area contributed by atoms with Crippen LogP contribution in [-0.4, -0.2) is 30.1 Å². The molecule has 0 aliphatic carbocycles. The van der Waals surface area contributed by atoms with Crippen LogP contribution in [0.25, 0.3) is 10.6 Å². The minimum absolute atomic E-state index is 0.146. The van der Waals surface area contributed by atoms with Gasteiger partial charge in [-0.05, 0) is 37.3 Å². The van der Waals surface area contributed by atoms with Gasteiger partial charge in [-0.3, -0.25) is 4.79 Å². The quantitative estimate of drug-likeness (QED) is 0.717. The number of carbonyl (C=O) groups excluding carboxylic acids is 1. The van der Waals surface area contributed by atoms with Gasteiger partial charge >= 0.3 is 0 Å². The molecular formula is C19H19N3O3S. The van der Waals surface area contributed by atoms with Crippen LogP contribution in [0.15, 0.2) is 41.8 Å². The summed E-state index contributed by atoms with van der Waals surface area (Å²) >= 11 is 1.48. The van der Waals surface area contributed by atoms with Crippen LogP contribution in [-0.2, 0) is 11.2 Å². The van der Waals surface area contributed by atoms with Gasteiger partial charge in [0.1, 0.15) is 10.8 Å². The molecular weight excluding hydrogens is 350 g/mol. The van der Waals surface area contributed by atoms with Crippen molar-refractivity contribution in [1.29, 1.82) is 0 Å². The lowest BCUT2D eigenvalue weighted by Gasteiger charge is -2.08. The normalized spacial score (nSPS) is 10.4. The molecule has 6 nitrogen and oxygen atoms in total. The average Bonchev–Trinajstić information content (AvgIpc) is 3.09. The van der Waals surface area contributed by atoms with Gasteiger partial charge in [0.25, 0.3) is 0 Å². The Hall–Kier alpha value is -2.93. The zero-order valence-corrected chi connectivity index (χ0v) is 15.6. The highest BCUT2D eigenvalue weighted by Gasteiger charge is 2.12. The van der Waals surface area contributed by atoms with Crippen molar-refractivity contribution in [2.24, 2.45) is 0 Å². The Bertz CT molecular complexity index is 924. The minimum atomic E-state index is -0.146. The summed E-state index contributed by atoms with van der Waals surface area (Å²) < 4.78 is 10.6. The highest BCUT2D eigenvalue weighted by atomic mass is 32.1. The largest absolute Gasteiger partial charge is 0.493 e. The van der Waals surface area contributed by atoms with E-state index in [4.69, 9.17) is 9.47 Å². The summed E-state index contributed by atoms with van der Waals surface area (Å²) in [6.07, 6.45) is 0.194. The van der Waals surface area contributed by atoms with E-state index in [1.165, 1.54) is 11.3 Å². The molecule has 2 aromatic heterocycles. The molecule has 1 aromatic carbocycles. The van der Waals surface area contributed by atoms with Crippen molar-refractivity contribution in [2.75, 3.05) is 19.5 Å². The molecule has 3 aromatic rings. The van der Waals surface area contributed by atoms with Crippen molar-refractivity contribution in [3.8, 4) is 22.1 Å². The highest BCUT2D eigenvalue weighted by molar-refractivity contribution is 7.13. The second-order valence-corrected chi connectivity index (χ2v) is 6.46. The van der Waals surface area contributed by atoms with Crippen LogP contribution < -0.4 is 14.8 Å². The molecule has 134 valence electrons. The van der Waals surface area contributed by atoms with E-state index in [0.717, 1.165) is 16.3 Å². The van der Waals surface area contributed by atoms with E-state index in [2.05, 4.69) is 15.3 Å². The molecule has 0 radical (unpaired) electrons. The van der Waals surface area contributed by atoms with Gasteiger partial charge in [-0.25, -0.2) is 9.97 Å². The molecule has 3 rings (SSSR count). The summed E-state index contributed by atoms with van der Waals surface area (Å²) in [6, 6.07) is 11.1. The summed E-state index contributed by atoms with van der Waals surface area (Å²) in [6.45, 7) is 1.88. The van der Waals surface area contributed by atoms with E-state index >= 15 is 0 Å². The van der Waals surface area contributed by atoms with E-state index in [0.29, 0.717) is 23.0 Å². The minimum Gasteiger partial charge on any atom is -0.493 e. The number of benzene rings is 1. The highest BCUT2D eigenvalue weighted by Crippen LogP contribution is 2.33. The Morgan fingerprint density at radius 2 is 1.92 bits per heavy atom. The smallest absolute Gasteiger partial charge is 0.231 e. The first-order valence-electron chi connectivity index (χ1n) is 7.99. The number of amides is 1. The molecule has 0 saturated heterocycles. The maximum atomic E-state index is 12.2. The fourth-order valence-electron chi connectivity index (χ4n) is 2.45. The summed E-state index contributed by atoms with van der Waals surface area (Å²) in [5, 5.41) is 5.50. The standard InChI is InChI=1S/C19H19N3O3S/c1-12-5-4-6-17(20-12)22-18(23)10-14-11-26-19(21-14)13-7-8-15(24-2)16(9-13)25-3/h4-9,11H,10H2,1-3H3,(H,20,22,23). The number of aryl methyl sites for hydroxylation is 1. The van der Waals surface area contributed by atoms with Gasteiger partial charge in [-0.2, -0.15) is 0 Å². The molecule has 7 heteroatoms. The summed E-state index contributed by atoms with van der Waals surface area (Å²) in [5.41, 5.74) is 2.48. The van der Waals surface area contributed by atoms with Gasteiger partial charge < -0.3 is 14.8 Å². The predicted molar refractivity (Wildman–Crippen MR) is 102 cm³/mol. The predicted octanol–water partition coefficient (Wildman–Crippen LogP) is 3.71. The molecule has 1 amide bonds. The zero-order chi connectivity index (χ0) is 18.5. The maximum absolute atomic E-state index is 12.2. The van der Waals surface area contributed by atoms with Crippen molar-refractivity contribution >= 4 is 23.1 Å². The topological polar surface area (TPSA) is 73.3 Å². The number of hydrogen-bond donors (Lipinski definition) is 1. The fraction of sp³-hybridized carbons (Fsp3) is 0.211. The number of methoxy groups -OCH3 is 2. The molecule has 0 aliphatic rings. The number of nitrogens with one attached hydrogen (secondary N) is 1. The zero-order valence-electron chi connectivity index (χ0n) is 14.8. The Morgan fingerprint density at radius 3 is 2.65 bits per heavy atom. The number of ether oxygens (including phenoxy) is 2. The van der Waals surface area contributed by atoms with Crippen LogP contribution >= 0.6 is 11.3 Å². The van der Waals surface area contributed by atoms with Crippen LogP contribution in [0, 0.1) is 6.92 Å². The maximum Gasteiger partial charge on any atom is 0.231 e. The van der Waals surface area contributed by atoms with Gasteiger partial charge in [-0.15, -0.1) is 11.3 Å². The van der Waals surface area contributed by atoms with Gasteiger partial charge in [0, 0.05) is 16.6 Å². The van der Waals surface area contributed by atoms with E-state index in [1.807, 2.05) is 42.6 Å². The van der Waals surface area contributed by atoms with Crippen LogP contribution in [0.3, 0.4) is 0 Å². The Balaban J connectivity index is 1.70. The second-order valence-electron chi connectivity index (χ2n) is 5.60. The van der Waals surface area contributed by atoms with Crippen LogP contribution in [0.4, 0.5) is 5.82 Å². The number of carbonyl (C=O) groups is 1. The van der Waals surface area contributed by atoms with Crippen molar-refractivity contribution in [3.63, 3.8) is 0 Å². The molecule has 0 spiro atoms. The molecule has 0 bridgehead atoms. The molecule has 1 N–H and O–H groups in total. The lowest BCUT2D eigenvalue weighted by Crippen LogP contribution is -2.15. The van der Waals surface area contributed by atoms with E-state index in [1.54, 1.807) is 20.3 Å². The molecule has 0 fully saturated rings. The van der Waals surface area contributed by atoms with Gasteiger partial charge in [0.05, 0.1) is 26.3 Å². The second kappa shape index (κ2) is 7.97. The Kier molecular flexibility index (Phi) is 5.48. The third-order valence-corrected chi connectivity index (χ3v) is 4.62.